The number of esters is 2. The molecule has 3 aromatic rings. The first-order valence-electron chi connectivity index (χ1n) is 12.1. The number of fused-ring (bicyclic) bond motifs is 3. The number of carbonyl (C=O) groups is 3. The maximum atomic E-state index is 13.0. The van der Waals surface area contributed by atoms with Crippen LogP contribution in [0.25, 0.3) is 21.7 Å². The second-order valence-electron chi connectivity index (χ2n) is 9.12. The summed E-state index contributed by atoms with van der Waals surface area (Å²) in [4.78, 5) is 63.5. The lowest BCUT2D eigenvalue weighted by Crippen LogP contribution is -2.31. The standard InChI is InChI=1S/C27H27NO12/c1-27(2,26(33)37-11-5-4-6-12-38-28(34)35)16-13-20(39-23(31)10-9-22(29)30)24-19-15-17(36-3)7-8-18(19)25(32)40-21(24)14-16/h7-10,13-15H,4-6,11-12H2,1-3H3,(H,29,30)/b10-9+. The summed E-state index contributed by atoms with van der Waals surface area (Å²) in [5, 5.41) is 18.9. The van der Waals surface area contributed by atoms with Gasteiger partial charge in [-0.15, -0.1) is 10.1 Å². The number of nitrogens with zero attached hydrogens (tertiary/aromatic N) is 1. The van der Waals surface area contributed by atoms with Gasteiger partial charge < -0.3 is 28.6 Å². The van der Waals surface area contributed by atoms with Gasteiger partial charge in [-0.05, 0) is 69.0 Å². The van der Waals surface area contributed by atoms with Crippen LogP contribution in [0.5, 0.6) is 11.5 Å². The molecule has 212 valence electrons. The Hall–Kier alpha value is -4.94. The van der Waals surface area contributed by atoms with E-state index in [-0.39, 0.29) is 35.3 Å². The molecule has 0 bridgehead atoms. The number of methoxy groups -OCH3 is 1. The van der Waals surface area contributed by atoms with Crippen molar-refractivity contribution in [3.05, 3.63) is 68.6 Å². The molecule has 1 aromatic heterocycles. The molecule has 0 atom stereocenters. The fraction of sp³-hybridized carbons (Fsp3) is 0.333. The molecule has 0 aliphatic rings. The molecule has 0 spiro atoms. The smallest absolute Gasteiger partial charge is 0.344 e. The maximum absolute atomic E-state index is 13.0. The monoisotopic (exact) mass is 557 g/mol. The summed E-state index contributed by atoms with van der Waals surface area (Å²) >= 11 is 0. The Morgan fingerprint density at radius 2 is 1.77 bits per heavy atom. The van der Waals surface area contributed by atoms with Crippen LogP contribution in [0.3, 0.4) is 0 Å². The van der Waals surface area contributed by atoms with Gasteiger partial charge in [0.05, 0.1) is 36.5 Å². The number of carboxylic acids is 1. The first-order valence-corrected chi connectivity index (χ1v) is 12.1. The van der Waals surface area contributed by atoms with Gasteiger partial charge in [0.1, 0.15) is 17.1 Å². The van der Waals surface area contributed by atoms with E-state index in [0.717, 1.165) is 6.08 Å². The minimum Gasteiger partial charge on any atom is -0.497 e. The minimum atomic E-state index is -1.36. The third-order valence-corrected chi connectivity index (χ3v) is 6.01. The molecule has 1 N–H and O–H groups in total. The number of aliphatic carboxylic acids is 1. The number of ether oxygens (including phenoxy) is 3. The summed E-state index contributed by atoms with van der Waals surface area (Å²) in [7, 11) is 1.44. The molecule has 1 heterocycles. The molecule has 0 aliphatic carbocycles. The number of unbranched alkanes of at least 4 members (excludes halogenated alkanes) is 2. The van der Waals surface area contributed by atoms with Crippen molar-refractivity contribution in [2.24, 2.45) is 0 Å². The van der Waals surface area contributed by atoms with Gasteiger partial charge in [0, 0.05) is 17.5 Å². The van der Waals surface area contributed by atoms with Crippen molar-refractivity contribution in [3.8, 4) is 11.5 Å². The molecule has 0 aliphatic heterocycles. The van der Waals surface area contributed by atoms with E-state index < -0.39 is 34.0 Å². The summed E-state index contributed by atoms with van der Waals surface area (Å²) in [5.41, 5.74) is -1.67. The van der Waals surface area contributed by atoms with Gasteiger partial charge in [0.25, 0.3) is 5.09 Å². The van der Waals surface area contributed by atoms with Crippen LogP contribution < -0.4 is 15.1 Å². The van der Waals surface area contributed by atoms with E-state index in [4.69, 9.17) is 23.7 Å². The Morgan fingerprint density at radius 3 is 2.45 bits per heavy atom. The SMILES string of the molecule is COc1ccc2c(=O)oc3cc(C(C)(C)C(=O)OCCCCCO[N+](=O)[O-])cc(OC(=O)/C=C/C(=O)O)c3c2c1. The lowest BCUT2D eigenvalue weighted by atomic mass is 9.84. The molecule has 0 amide bonds. The van der Waals surface area contributed by atoms with Crippen LogP contribution in [0.1, 0.15) is 38.7 Å². The molecule has 0 radical (unpaired) electrons. The normalized spacial score (nSPS) is 11.5. The molecular weight excluding hydrogens is 530 g/mol. The summed E-state index contributed by atoms with van der Waals surface area (Å²) in [6, 6.07) is 7.51. The van der Waals surface area contributed by atoms with E-state index in [1.807, 2.05) is 0 Å². The van der Waals surface area contributed by atoms with Crippen molar-refractivity contribution in [2.75, 3.05) is 20.3 Å². The van der Waals surface area contributed by atoms with Crippen molar-refractivity contribution in [1.82, 2.24) is 0 Å². The topological polar surface area (TPSA) is 182 Å². The van der Waals surface area contributed by atoms with E-state index in [0.29, 0.717) is 42.0 Å². The zero-order valence-electron chi connectivity index (χ0n) is 22.0. The van der Waals surface area contributed by atoms with Crippen molar-refractivity contribution in [2.45, 2.75) is 38.5 Å². The fourth-order valence-corrected chi connectivity index (χ4v) is 3.83. The Morgan fingerprint density at radius 1 is 1.05 bits per heavy atom. The van der Waals surface area contributed by atoms with E-state index in [2.05, 4.69) is 4.84 Å². The molecule has 0 saturated heterocycles. The first-order chi connectivity index (χ1) is 18.9. The molecule has 0 unspecified atom stereocenters. The molecule has 0 fully saturated rings. The highest BCUT2D eigenvalue weighted by Gasteiger charge is 2.33. The number of benzene rings is 2. The van der Waals surface area contributed by atoms with Gasteiger partial charge >= 0.3 is 23.5 Å². The van der Waals surface area contributed by atoms with Gasteiger partial charge in [-0.1, -0.05) is 0 Å². The third kappa shape index (κ3) is 7.12. The second kappa shape index (κ2) is 12.7. The van der Waals surface area contributed by atoms with Gasteiger partial charge in [-0.25, -0.2) is 14.4 Å². The Bertz CT molecular complexity index is 1540. The number of hydrogen-bond acceptors (Lipinski definition) is 11. The average molecular weight is 558 g/mol. The second-order valence-corrected chi connectivity index (χ2v) is 9.12. The van der Waals surface area contributed by atoms with Crippen LogP contribution in [0, 0.1) is 10.1 Å². The summed E-state index contributed by atoms with van der Waals surface area (Å²) in [6.45, 7) is 3.13. The van der Waals surface area contributed by atoms with Gasteiger partial charge in [0.2, 0.25) is 0 Å². The van der Waals surface area contributed by atoms with Gasteiger partial charge in [0.15, 0.2) is 0 Å². The highest BCUT2D eigenvalue weighted by Crippen LogP contribution is 2.38. The van der Waals surface area contributed by atoms with E-state index in [9.17, 15) is 29.3 Å². The van der Waals surface area contributed by atoms with Crippen LogP contribution in [0.2, 0.25) is 0 Å². The maximum Gasteiger partial charge on any atom is 0.344 e. The molecule has 2 aromatic carbocycles. The number of carboxylic acid groups (broad SMARTS) is 1. The predicted octanol–water partition coefficient (Wildman–Crippen LogP) is 3.70. The molecule has 40 heavy (non-hydrogen) atoms. The third-order valence-electron chi connectivity index (χ3n) is 6.01. The van der Waals surface area contributed by atoms with Crippen LogP contribution in [0.4, 0.5) is 0 Å². The highest BCUT2D eigenvalue weighted by molar-refractivity contribution is 6.09. The molecule has 3 rings (SSSR count). The largest absolute Gasteiger partial charge is 0.497 e. The van der Waals surface area contributed by atoms with Crippen LogP contribution >= 0.6 is 0 Å². The predicted molar refractivity (Wildman–Crippen MR) is 140 cm³/mol. The summed E-state index contributed by atoms with van der Waals surface area (Å²) in [6.07, 6.45) is 2.72. The fourth-order valence-electron chi connectivity index (χ4n) is 3.83. The van der Waals surface area contributed by atoms with E-state index >= 15 is 0 Å². The average Bonchev–Trinajstić information content (AvgIpc) is 2.90. The van der Waals surface area contributed by atoms with Gasteiger partial charge in [-0.2, -0.15) is 0 Å². The molecule has 0 saturated carbocycles. The lowest BCUT2D eigenvalue weighted by Gasteiger charge is -2.24. The Balaban J connectivity index is 1.99. The van der Waals surface area contributed by atoms with Crippen molar-refractivity contribution in [3.63, 3.8) is 0 Å². The van der Waals surface area contributed by atoms with Crippen LogP contribution in [-0.2, 0) is 29.4 Å². The van der Waals surface area contributed by atoms with Crippen molar-refractivity contribution < 1.29 is 48.0 Å². The highest BCUT2D eigenvalue weighted by atomic mass is 16.9. The Kier molecular flexibility index (Phi) is 9.43. The molecule has 13 nitrogen and oxygen atoms in total. The Labute approximate surface area is 227 Å². The lowest BCUT2D eigenvalue weighted by molar-refractivity contribution is -0.757. The molecular formula is C27H27NO12. The summed E-state index contributed by atoms with van der Waals surface area (Å²) < 4.78 is 21.7. The van der Waals surface area contributed by atoms with Crippen molar-refractivity contribution in [1.29, 1.82) is 0 Å². The number of hydrogen-bond donors (Lipinski definition) is 1. The van der Waals surface area contributed by atoms with Crippen LogP contribution in [-0.4, -0.2) is 48.4 Å². The quantitative estimate of drug-likeness (QED) is 0.0471. The van der Waals surface area contributed by atoms with Crippen LogP contribution in [0.15, 0.2) is 51.7 Å². The minimum absolute atomic E-state index is 0.0138. The first kappa shape index (κ1) is 29.6. The molecule has 13 heteroatoms. The van der Waals surface area contributed by atoms with E-state index in [1.54, 1.807) is 26.0 Å². The van der Waals surface area contributed by atoms with Gasteiger partial charge in [-0.3, -0.25) is 4.79 Å². The zero-order chi connectivity index (χ0) is 29.4. The van der Waals surface area contributed by atoms with E-state index in [1.165, 1.54) is 25.3 Å². The number of carbonyl (C=O) groups excluding carboxylic acids is 2. The zero-order valence-corrected chi connectivity index (χ0v) is 22.0. The van der Waals surface area contributed by atoms with Crippen molar-refractivity contribution >= 4 is 39.6 Å². The number of rotatable bonds is 13. The summed E-state index contributed by atoms with van der Waals surface area (Å²) in [5.74, 6) is -2.65.